The van der Waals surface area contributed by atoms with Crippen molar-refractivity contribution in [2.75, 3.05) is 25.9 Å². The fraction of sp³-hybridized carbons (Fsp3) is 0.333. The predicted octanol–water partition coefficient (Wildman–Crippen LogP) is 2.29. The predicted molar refractivity (Wildman–Crippen MR) is 111 cm³/mol. The molecule has 0 saturated carbocycles. The molecule has 0 spiro atoms. The molecule has 3 rings (SSSR count). The van der Waals surface area contributed by atoms with Gasteiger partial charge in [-0.2, -0.15) is 0 Å². The average Bonchev–Trinajstić information content (AvgIpc) is 2.75. The maximum absolute atomic E-state index is 13.7. The molecule has 1 aliphatic heterocycles. The fourth-order valence-electron chi connectivity index (χ4n) is 3.60. The van der Waals surface area contributed by atoms with Crippen molar-refractivity contribution in [1.29, 1.82) is 0 Å². The Labute approximate surface area is 178 Å². The first-order valence-electron chi connectivity index (χ1n) is 9.74. The van der Waals surface area contributed by atoms with Crippen LogP contribution in [-0.4, -0.2) is 47.9 Å². The van der Waals surface area contributed by atoms with Gasteiger partial charge in [0, 0.05) is 24.7 Å². The lowest BCUT2D eigenvalue weighted by atomic mass is 10.0. The minimum absolute atomic E-state index is 0.0423. The molecule has 0 atom stereocenters. The SMILES string of the molecule is COc1ccccc1CC(=O)N1CCC(NC(=O)c2cc(F)cc([N+](=O)[O-])c2N)CC1. The van der Waals surface area contributed by atoms with E-state index >= 15 is 0 Å². The molecule has 164 valence electrons. The van der Waals surface area contributed by atoms with E-state index in [0.717, 1.165) is 11.6 Å². The molecule has 0 unspecified atom stereocenters. The zero-order valence-electron chi connectivity index (χ0n) is 17.0. The molecule has 0 aliphatic carbocycles. The van der Waals surface area contributed by atoms with Crippen molar-refractivity contribution in [2.24, 2.45) is 0 Å². The summed E-state index contributed by atoms with van der Waals surface area (Å²) < 4.78 is 19.0. The van der Waals surface area contributed by atoms with Crippen LogP contribution in [0.25, 0.3) is 0 Å². The summed E-state index contributed by atoms with van der Waals surface area (Å²) in [6.45, 7) is 0.884. The molecule has 0 aromatic heterocycles. The fourth-order valence-corrected chi connectivity index (χ4v) is 3.60. The largest absolute Gasteiger partial charge is 0.496 e. The summed E-state index contributed by atoms with van der Waals surface area (Å²) in [4.78, 5) is 37.0. The number of nitro groups is 1. The molecule has 9 nitrogen and oxygen atoms in total. The Morgan fingerprint density at radius 2 is 1.97 bits per heavy atom. The van der Waals surface area contributed by atoms with Crippen molar-refractivity contribution < 1.29 is 23.6 Å². The Morgan fingerprint density at radius 3 is 2.61 bits per heavy atom. The van der Waals surface area contributed by atoms with Gasteiger partial charge in [0.05, 0.1) is 30.1 Å². The molecular weight excluding hydrogens is 407 g/mol. The van der Waals surface area contributed by atoms with E-state index in [2.05, 4.69) is 5.32 Å². The Balaban J connectivity index is 1.58. The smallest absolute Gasteiger partial charge is 0.295 e. The number of rotatable bonds is 6. The molecule has 2 aromatic carbocycles. The molecule has 2 aromatic rings. The minimum Gasteiger partial charge on any atom is -0.496 e. The van der Waals surface area contributed by atoms with Gasteiger partial charge in [-0.3, -0.25) is 19.7 Å². The van der Waals surface area contributed by atoms with E-state index in [0.29, 0.717) is 37.7 Å². The number of ether oxygens (including phenoxy) is 1. The molecule has 0 bridgehead atoms. The second-order valence-electron chi connectivity index (χ2n) is 7.26. The first-order chi connectivity index (χ1) is 14.8. The third-order valence-electron chi connectivity index (χ3n) is 5.28. The maximum Gasteiger partial charge on any atom is 0.295 e. The number of likely N-dealkylation sites (tertiary alicyclic amines) is 1. The highest BCUT2D eigenvalue weighted by Crippen LogP contribution is 2.27. The van der Waals surface area contributed by atoms with E-state index in [1.54, 1.807) is 18.1 Å². The summed E-state index contributed by atoms with van der Waals surface area (Å²) in [5.74, 6) is -0.985. The van der Waals surface area contributed by atoms with E-state index < -0.39 is 22.3 Å². The number of anilines is 1. The number of piperidine rings is 1. The molecule has 3 N–H and O–H groups in total. The van der Waals surface area contributed by atoms with Crippen LogP contribution in [0, 0.1) is 15.9 Å². The lowest BCUT2D eigenvalue weighted by molar-refractivity contribution is -0.384. The second kappa shape index (κ2) is 9.41. The summed E-state index contributed by atoms with van der Waals surface area (Å²) in [5, 5.41) is 13.7. The van der Waals surface area contributed by atoms with Crippen LogP contribution < -0.4 is 15.8 Å². The van der Waals surface area contributed by atoms with Crippen LogP contribution in [0.15, 0.2) is 36.4 Å². The second-order valence-corrected chi connectivity index (χ2v) is 7.26. The Hall–Kier alpha value is -3.69. The number of nitrogens with two attached hydrogens (primary N) is 1. The van der Waals surface area contributed by atoms with Gasteiger partial charge in [0.15, 0.2) is 0 Å². The minimum atomic E-state index is -0.914. The van der Waals surface area contributed by atoms with Gasteiger partial charge < -0.3 is 20.7 Å². The van der Waals surface area contributed by atoms with Crippen molar-refractivity contribution in [1.82, 2.24) is 10.2 Å². The van der Waals surface area contributed by atoms with Crippen molar-refractivity contribution >= 4 is 23.2 Å². The highest BCUT2D eigenvalue weighted by Gasteiger charge is 2.27. The van der Waals surface area contributed by atoms with Gasteiger partial charge in [0.2, 0.25) is 5.91 Å². The van der Waals surface area contributed by atoms with E-state index in [1.807, 2.05) is 18.2 Å². The van der Waals surface area contributed by atoms with Crippen LogP contribution in [0.4, 0.5) is 15.8 Å². The monoisotopic (exact) mass is 430 g/mol. The molecule has 2 amide bonds. The topological polar surface area (TPSA) is 128 Å². The number of halogens is 1. The molecule has 1 heterocycles. The molecule has 1 aliphatic rings. The van der Waals surface area contributed by atoms with Gasteiger partial charge in [-0.25, -0.2) is 4.39 Å². The van der Waals surface area contributed by atoms with Gasteiger partial charge in [-0.1, -0.05) is 18.2 Å². The lowest BCUT2D eigenvalue weighted by Gasteiger charge is -2.32. The number of nitrogens with zero attached hydrogens (tertiary/aromatic N) is 2. The standard InChI is InChI=1S/C21H23FN4O5/c1-31-18-5-3-2-4-13(18)10-19(27)25-8-6-15(7-9-25)24-21(28)16-11-14(22)12-17(20(16)23)26(29)30/h2-5,11-12,15H,6-10,23H2,1H3,(H,24,28). The van der Waals surface area contributed by atoms with Crippen LogP contribution in [0.1, 0.15) is 28.8 Å². The lowest BCUT2D eigenvalue weighted by Crippen LogP contribution is -2.47. The number of para-hydroxylation sites is 1. The number of hydrogen-bond acceptors (Lipinski definition) is 6. The zero-order chi connectivity index (χ0) is 22.5. The first-order valence-corrected chi connectivity index (χ1v) is 9.74. The van der Waals surface area contributed by atoms with E-state index in [-0.39, 0.29) is 29.6 Å². The van der Waals surface area contributed by atoms with Crippen LogP contribution in [0.3, 0.4) is 0 Å². The molecule has 1 saturated heterocycles. The molecule has 10 heteroatoms. The number of methoxy groups -OCH3 is 1. The first kappa shape index (κ1) is 22.0. The Morgan fingerprint density at radius 1 is 1.29 bits per heavy atom. The summed E-state index contributed by atoms with van der Waals surface area (Å²) in [5.41, 5.74) is 5.18. The summed E-state index contributed by atoms with van der Waals surface area (Å²) in [6.07, 6.45) is 1.21. The zero-order valence-corrected chi connectivity index (χ0v) is 17.0. The number of nitrogen functional groups attached to an aromatic ring is 1. The van der Waals surface area contributed by atoms with Gasteiger partial charge in [-0.05, 0) is 25.0 Å². The van der Waals surface area contributed by atoms with Crippen molar-refractivity contribution in [2.45, 2.75) is 25.3 Å². The third-order valence-corrected chi connectivity index (χ3v) is 5.28. The van der Waals surface area contributed by atoms with Crippen LogP contribution in [-0.2, 0) is 11.2 Å². The van der Waals surface area contributed by atoms with E-state index in [1.165, 1.54) is 0 Å². The molecule has 0 radical (unpaired) electrons. The Kier molecular flexibility index (Phi) is 6.68. The number of amides is 2. The highest BCUT2D eigenvalue weighted by molar-refractivity contribution is 6.01. The highest BCUT2D eigenvalue weighted by atomic mass is 19.1. The number of nitro benzene ring substituents is 1. The van der Waals surface area contributed by atoms with E-state index in [9.17, 15) is 24.1 Å². The summed E-state index contributed by atoms with van der Waals surface area (Å²) >= 11 is 0. The van der Waals surface area contributed by atoms with Gasteiger partial charge >= 0.3 is 0 Å². The van der Waals surface area contributed by atoms with Crippen molar-refractivity contribution in [3.8, 4) is 5.75 Å². The normalized spacial score (nSPS) is 14.2. The number of nitrogens with one attached hydrogen (secondary N) is 1. The number of carbonyl (C=O) groups is 2. The van der Waals surface area contributed by atoms with Crippen molar-refractivity contribution in [3.05, 3.63) is 63.5 Å². The van der Waals surface area contributed by atoms with Gasteiger partial charge in [-0.15, -0.1) is 0 Å². The Bertz CT molecular complexity index is 1010. The number of carbonyl (C=O) groups excluding carboxylic acids is 2. The van der Waals surface area contributed by atoms with Crippen LogP contribution in [0.2, 0.25) is 0 Å². The average molecular weight is 430 g/mol. The quantitative estimate of drug-likeness (QED) is 0.411. The molecule has 1 fully saturated rings. The number of hydrogen-bond donors (Lipinski definition) is 2. The van der Waals surface area contributed by atoms with Crippen LogP contribution in [0.5, 0.6) is 5.75 Å². The van der Waals surface area contributed by atoms with Gasteiger partial charge in [0.25, 0.3) is 11.6 Å². The molecular formula is C21H23FN4O5. The van der Waals surface area contributed by atoms with E-state index in [4.69, 9.17) is 10.5 Å². The number of benzene rings is 2. The van der Waals surface area contributed by atoms with Crippen molar-refractivity contribution in [3.63, 3.8) is 0 Å². The summed E-state index contributed by atoms with van der Waals surface area (Å²) in [6, 6.07) is 8.61. The van der Waals surface area contributed by atoms with Gasteiger partial charge in [0.1, 0.15) is 17.3 Å². The maximum atomic E-state index is 13.7. The van der Waals surface area contributed by atoms with Crippen LogP contribution >= 0.6 is 0 Å². The molecule has 31 heavy (non-hydrogen) atoms. The summed E-state index contributed by atoms with van der Waals surface area (Å²) in [7, 11) is 1.55. The third kappa shape index (κ3) is 5.08.